The zero-order valence-corrected chi connectivity index (χ0v) is 9.93. The van der Waals surface area contributed by atoms with Crippen LogP contribution >= 0.6 is 0 Å². The quantitative estimate of drug-likeness (QED) is 0.660. The molecule has 0 bridgehead atoms. The topological polar surface area (TPSA) is 38.0 Å². The van der Waals surface area contributed by atoms with Crippen LogP contribution < -0.4 is 11.1 Å². The largest absolute Gasteiger partial charge is 0.330 e. The summed E-state index contributed by atoms with van der Waals surface area (Å²) in [6.45, 7) is 3.26. The van der Waals surface area contributed by atoms with Crippen molar-refractivity contribution in [1.82, 2.24) is 5.32 Å². The Bertz CT molecular complexity index is 181. The number of nitrogens with two attached hydrogens (primary N) is 1. The van der Waals surface area contributed by atoms with Crippen LogP contribution in [-0.4, -0.2) is 19.6 Å². The maximum absolute atomic E-state index is 5.95. The van der Waals surface area contributed by atoms with Gasteiger partial charge in [-0.25, -0.2) is 0 Å². The van der Waals surface area contributed by atoms with Crippen molar-refractivity contribution in [1.29, 1.82) is 0 Å². The summed E-state index contributed by atoms with van der Waals surface area (Å²) >= 11 is 0. The highest BCUT2D eigenvalue weighted by Crippen LogP contribution is 2.35. The molecular weight excluding hydrogens is 184 g/mol. The molecule has 88 valence electrons. The summed E-state index contributed by atoms with van der Waals surface area (Å²) in [5, 5.41) is 3.64. The lowest BCUT2D eigenvalue weighted by atomic mass is 9.74. The molecule has 0 radical (unpaired) electrons. The number of rotatable bonds is 6. The normalized spacial score (nSPS) is 25.4. The monoisotopic (exact) mass is 210 g/mol. The van der Waals surface area contributed by atoms with Crippen molar-refractivity contribution in [3.8, 4) is 0 Å². The molecule has 2 nitrogen and oxygen atoms in total. The van der Waals surface area contributed by atoms with Gasteiger partial charge in [-0.1, -0.05) is 32.1 Å². The van der Waals surface area contributed by atoms with E-state index in [-0.39, 0.29) is 0 Å². The molecule has 2 rings (SSSR count). The van der Waals surface area contributed by atoms with Gasteiger partial charge in [0.1, 0.15) is 0 Å². The van der Waals surface area contributed by atoms with E-state index in [0.29, 0.717) is 5.41 Å². The highest BCUT2D eigenvalue weighted by Gasteiger charge is 2.30. The second-order valence-corrected chi connectivity index (χ2v) is 5.67. The first-order valence-electron chi connectivity index (χ1n) is 6.75. The molecule has 0 aromatic heterocycles. The Morgan fingerprint density at radius 3 is 2.47 bits per heavy atom. The highest BCUT2D eigenvalue weighted by molar-refractivity contribution is 4.86. The van der Waals surface area contributed by atoms with Crippen LogP contribution in [0.3, 0.4) is 0 Å². The molecule has 2 heteroatoms. The summed E-state index contributed by atoms with van der Waals surface area (Å²) in [6, 6.07) is 0. The van der Waals surface area contributed by atoms with Gasteiger partial charge in [-0.2, -0.15) is 0 Å². The number of nitrogens with one attached hydrogen (secondary N) is 1. The van der Waals surface area contributed by atoms with Gasteiger partial charge in [-0.3, -0.25) is 0 Å². The van der Waals surface area contributed by atoms with Crippen molar-refractivity contribution >= 4 is 0 Å². The minimum absolute atomic E-state index is 0.446. The van der Waals surface area contributed by atoms with Gasteiger partial charge in [-0.15, -0.1) is 0 Å². The second-order valence-electron chi connectivity index (χ2n) is 5.67. The SMILES string of the molecule is NCC1(CNCCC2CC2)CCCCC1. The lowest BCUT2D eigenvalue weighted by molar-refractivity contribution is 0.191. The first kappa shape index (κ1) is 11.4. The number of hydrogen-bond donors (Lipinski definition) is 2. The standard InChI is InChI=1S/C13H26N2/c14-10-13(7-2-1-3-8-13)11-15-9-6-12-4-5-12/h12,15H,1-11,14H2. The van der Waals surface area contributed by atoms with Gasteiger partial charge in [0.25, 0.3) is 0 Å². The van der Waals surface area contributed by atoms with Crippen LogP contribution in [0.2, 0.25) is 0 Å². The zero-order valence-electron chi connectivity index (χ0n) is 9.93. The maximum atomic E-state index is 5.95. The van der Waals surface area contributed by atoms with Crippen LogP contribution in [0.15, 0.2) is 0 Å². The first-order chi connectivity index (χ1) is 7.35. The third-order valence-corrected chi connectivity index (χ3v) is 4.27. The summed E-state index contributed by atoms with van der Waals surface area (Å²) < 4.78 is 0. The van der Waals surface area contributed by atoms with Crippen molar-refractivity contribution in [2.45, 2.75) is 51.4 Å². The summed E-state index contributed by atoms with van der Waals surface area (Å²) in [6.07, 6.45) is 11.2. The van der Waals surface area contributed by atoms with E-state index in [0.717, 1.165) is 19.0 Å². The Hall–Kier alpha value is -0.0800. The fourth-order valence-electron chi connectivity index (χ4n) is 2.82. The van der Waals surface area contributed by atoms with Gasteiger partial charge in [0.05, 0.1) is 0 Å². The molecule has 0 amide bonds. The molecule has 0 atom stereocenters. The fourth-order valence-corrected chi connectivity index (χ4v) is 2.82. The molecule has 2 fully saturated rings. The van der Waals surface area contributed by atoms with E-state index in [1.165, 1.54) is 57.9 Å². The van der Waals surface area contributed by atoms with Crippen molar-refractivity contribution in [3.05, 3.63) is 0 Å². The molecule has 2 aliphatic rings. The molecule has 0 spiro atoms. The third-order valence-electron chi connectivity index (χ3n) is 4.27. The highest BCUT2D eigenvalue weighted by atomic mass is 14.9. The van der Waals surface area contributed by atoms with Crippen molar-refractivity contribution < 1.29 is 0 Å². The fraction of sp³-hybridized carbons (Fsp3) is 1.00. The predicted octanol–water partition coefficient (Wildman–Crippen LogP) is 2.29. The van der Waals surface area contributed by atoms with E-state index in [2.05, 4.69) is 5.32 Å². The van der Waals surface area contributed by atoms with Crippen molar-refractivity contribution in [2.75, 3.05) is 19.6 Å². The summed E-state index contributed by atoms with van der Waals surface area (Å²) in [5.74, 6) is 1.05. The third kappa shape index (κ3) is 3.46. The van der Waals surface area contributed by atoms with Gasteiger partial charge in [0, 0.05) is 6.54 Å². The van der Waals surface area contributed by atoms with E-state index in [4.69, 9.17) is 5.73 Å². The smallest absolute Gasteiger partial charge is 0.00199 e. The van der Waals surface area contributed by atoms with Crippen LogP contribution in [-0.2, 0) is 0 Å². The molecule has 3 N–H and O–H groups in total. The minimum Gasteiger partial charge on any atom is -0.330 e. The van der Waals surface area contributed by atoms with E-state index in [1.807, 2.05) is 0 Å². The lowest BCUT2D eigenvalue weighted by Crippen LogP contribution is -2.42. The van der Waals surface area contributed by atoms with Crippen LogP contribution in [0.4, 0.5) is 0 Å². The number of hydrogen-bond acceptors (Lipinski definition) is 2. The van der Waals surface area contributed by atoms with Crippen LogP contribution in [0.25, 0.3) is 0 Å². The zero-order chi connectivity index (χ0) is 10.6. The maximum Gasteiger partial charge on any atom is 0.00199 e. The van der Waals surface area contributed by atoms with Crippen LogP contribution in [0.5, 0.6) is 0 Å². The molecule has 0 aliphatic heterocycles. The molecule has 0 unspecified atom stereocenters. The Balaban J connectivity index is 1.64. The van der Waals surface area contributed by atoms with E-state index in [9.17, 15) is 0 Å². The van der Waals surface area contributed by atoms with Gasteiger partial charge in [0.15, 0.2) is 0 Å². The summed E-state index contributed by atoms with van der Waals surface area (Å²) in [4.78, 5) is 0. The van der Waals surface area contributed by atoms with Gasteiger partial charge in [-0.05, 0) is 43.7 Å². The average Bonchev–Trinajstić information content (AvgIpc) is 3.10. The Labute approximate surface area is 94.0 Å². The van der Waals surface area contributed by atoms with Gasteiger partial charge < -0.3 is 11.1 Å². The Kier molecular flexibility index (Phi) is 4.04. The molecule has 15 heavy (non-hydrogen) atoms. The first-order valence-corrected chi connectivity index (χ1v) is 6.75. The van der Waals surface area contributed by atoms with Gasteiger partial charge in [0.2, 0.25) is 0 Å². The molecule has 2 aliphatic carbocycles. The summed E-state index contributed by atoms with van der Waals surface area (Å²) in [5.41, 5.74) is 6.40. The molecule has 0 heterocycles. The average molecular weight is 210 g/mol. The molecule has 2 saturated carbocycles. The van der Waals surface area contributed by atoms with Crippen molar-refractivity contribution in [2.24, 2.45) is 17.1 Å². The summed E-state index contributed by atoms with van der Waals surface area (Å²) in [7, 11) is 0. The van der Waals surface area contributed by atoms with Crippen LogP contribution in [0.1, 0.15) is 51.4 Å². The minimum atomic E-state index is 0.446. The molecule has 0 aromatic rings. The molecular formula is C13H26N2. The van der Waals surface area contributed by atoms with E-state index in [1.54, 1.807) is 0 Å². The molecule has 0 saturated heterocycles. The Morgan fingerprint density at radius 1 is 1.13 bits per heavy atom. The second kappa shape index (κ2) is 5.31. The van der Waals surface area contributed by atoms with E-state index < -0.39 is 0 Å². The lowest BCUT2D eigenvalue weighted by Gasteiger charge is -2.36. The molecule has 0 aromatic carbocycles. The van der Waals surface area contributed by atoms with Crippen molar-refractivity contribution in [3.63, 3.8) is 0 Å². The predicted molar refractivity (Wildman–Crippen MR) is 64.8 cm³/mol. The van der Waals surface area contributed by atoms with E-state index >= 15 is 0 Å². The van der Waals surface area contributed by atoms with Gasteiger partial charge >= 0.3 is 0 Å². The van der Waals surface area contributed by atoms with Crippen LogP contribution in [0, 0.1) is 11.3 Å². The Morgan fingerprint density at radius 2 is 1.87 bits per heavy atom.